The summed E-state index contributed by atoms with van der Waals surface area (Å²) < 4.78 is 10.6. The van der Waals surface area contributed by atoms with Crippen LogP contribution in [0, 0.1) is 6.92 Å². The molecular formula is C22H29N5O3. The maximum absolute atomic E-state index is 12.6. The third-order valence-electron chi connectivity index (χ3n) is 4.92. The fourth-order valence-corrected chi connectivity index (χ4v) is 3.37. The second-order valence-corrected chi connectivity index (χ2v) is 6.95. The maximum Gasteiger partial charge on any atom is 0.246 e. The van der Waals surface area contributed by atoms with Crippen molar-refractivity contribution in [3.8, 4) is 11.5 Å². The number of rotatable bonds is 7. The number of anilines is 2. The van der Waals surface area contributed by atoms with Gasteiger partial charge in [0, 0.05) is 44.9 Å². The summed E-state index contributed by atoms with van der Waals surface area (Å²) in [6.45, 7) is 7.50. The van der Waals surface area contributed by atoms with Crippen molar-refractivity contribution < 1.29 is 14.3 Å². The lowest BCUT2D eigenvalue weighted by Crippen LogP contribution is -2.48. The zero-order valence-electron chi connectivity index (χ0n) is 18.0. The molecule has 0 atom stereocenters. The standard InChI is InChI=1S/C22H29N5O3/c1-5-23-20-15-21(25-16(2)24-20)26-10-12-27(13-11-26)22(28)9-7-17-6-8-18(29-3)19(14-17)30-4/h6-9,14-15H,5,10-13H2,1-4H3,(H,23,24,25)/b9-7+. The van der Waals surface area contributed by atoms with Crippen LogP contribution >= 0.6 is 0 Å². The van der Waals surface area contributed by atoms with Gasteiger partial charge in [0.2, 0.25) is 5.91 Å². The van der Waals surface area contributed by atoms with Crippen molar-refractivity contribution in [2.24, 2.45) is 0 Å². The molecule has 1 aromatic heterocycles. The topological polar surface area (TPSA) is 79.8 Å². The minimum absolute atomic E-state index is 0.00311. The van der Waals surface area contributed by atoms with Gasteiger partial charge in [-0.1, -0.05) is 6.07 Å². The highest BCUT2D eigenvalue weighted by Crippen LogP contribution is 2.28. The highest BCUT2D eigenvalue weighted by atomic mass is 16.5. The number of carbonyl (C=O) groups is 1. The Kier molecular flexibility index (Phi) is 7.11. The van der Waals surface area contributed by atoms with Crippen LogP contribution in [-0.4, -0.2) is 67.7 Å². The molecule has 0 aliphatic carbocycles. The zero-order chi connectivity index (χ0) is 21.5. The molecule has 2 heterocycles. The number of carbonyl (C=O) groups excluding carboxylic acids is 1. The van der Waals surface area contributed by atoms with Crippen molar-refractivity contribution in [2.75, 3.05) is 57.2 Å². The van der Waals surface area contributed by atoms with E-state index in [1.165, 1.54) is 0 Å². The summed E-state index contributed by atoms with van der Waals surface area (Å²) in [4.78, 5) is 25.6. The molecule has 0 bridgehead atoms. The summed E-state index contributed by atoms with van der Waals surface area (Å²) in [5.41, 5.74) is 0.882. The Morgan fingerprint density at radius 3 is 2.50 bits per heavy atom. The van der Waals surface area contributed by atoms with E-state index in [1.54, 1.807) is 26.4 Å². The maximum atomic E-state index is 12.6. The molecule has 160 valence electrons. The first-order chi connectivity index (χ1) is 14.5. The predicted molar refractivity (Wildman–Crippen MR) is 118 cm³/mol. The first kappa shape index (κ1) is 21.4. The number of methoxy groups -OCH3 is 2. The highest BCUT2D eigenvalue weighted by molar-refractivity contribution is 5.92. The van der Waals surface area contributed by atoms with Gasteiger partial charge < -0.3 is 24.6 Å². The van der Waals surface area contributed by atoms with E-state index in [0.717, 1.165) is 42.7 Å². The Balaban J connectivity index is 1.60. The molecule has 30 heavy (non-hydrogen) atoms. The molecule has 1 aromatic carbocycles. The Morgan fingerprint density at radius 2 is 1.83 bits per heavy atom. The highest BCUT2D eigenvalue weighted by Gasteiger charge is 2.21. The van der Waals surface area contributed by atoms with Crippen LogP contribution in [0.1, 0.15) is 18.3 Å². The Morgan fingerprint density at radius 1 is 1.10 bits per heavy atom. The van der Waals surface area contributed by atoms with Crippen molar-refractivity contribution in [3.63, 3.8) is 0 Å². The van der Waals surface area contributed by atoms with Gasteiger partial charge in [-0.2, -0.15) is 0 Å². The van der Waals surface area contributed by atoms with Crippen LogP contribution in [0.5, 0.6) is 11.5 Å². The molecule has 1 aliphatic heterocycles. The molecule has 1 fully saturated rings. The molecule has 8 nitrogen and oxygen atoms in total. The zero-order valence-corrected chi connectivity index (χ0v) is 18.0. The summed E-state index contributed by atoms with van der Waals surface area (Å²) in [5.74, 6) is 3.76. The van der Waals surface area contributed by atoms with Crippen molar-refractivity contribution in [3.05, 3.63) is 41.7 Å². The average molecular weight is 412 g/mol. The summed E-state index contributed by atoms with van der Waals surface area (Å²) >= 11 is 0. The molecule has 1 aliphatic rings. The molecule has 0 radical (unpaired) electrons. The van der Waals surface area contributed by atoms with E-state index in [-0.39, 0.29) is 5.91 Å². The lowest BCUT2D eigenvalue weighted by atomic mass is 10.2. The van der Waals surface area contributed by atoms with Gasteiger partial charge in [-0.05, 0) is 37.6 Å². The van der Waals surface area contributed by atoms with Crippen molar-refractivity contribution in [2.45, 2.75) is 13.8 Å². The van der Waals surface area contributed by atoms with Crippen LogP contribution in [0.2, 0.25) is 0 Å². The molecule has 1 saturated heterocycles. The van der Waals surface area contributed by atoms with Crippen LogP contribution in [-0.2, 0) is 4.79 Å². The normalized spacial score (nSPS) is 14.1. The summed E-state index contributed by atoms with van der Waals surface area (Å²) in [7, 11) is 3.19. The number of benzene rings is 1. The van der Waals surface area contributed by atoms with E-state index in [0.29, 0.717) is 24.6 Å². The van der Waals surface area contributed by atoms with Gasteiger partial charge in [-0.3, -0.25) is 4.79 Å². The quantitative estimate of drug-likeness (QED) is 0.702. The number of piperazine rings is 1. The lowest BCUT2D eigenvalue weighted by Gasteiger charge is -2.35. The largest absolute Gasteiger partial charge is 0.493 e. The molecule has 1 N–H and O–H groups in total. The number of aryl methyl sites for hydroxylation is 1. The number of ether oxygens (including phenoxy) is 2. The number of hydrogen-bond donors (Lipinski definition) is 1. The lowest BCUT2D eigenvalue weighted by molar-refractivity contribution is -0.126. The number of aromatic nitrogens is 2. The van der Waals surface area contributed by atoms with Gasteiger partial charge in [-0.25, -0.2) is 9.97 Å². The van der Waals surface area contributed by atoms with Crippen molar-refractivity contribution in [1.29, 1.82) is 0 Å². The second kappa shape index (κ2) is 9.96. The third-order valence-corrected chi connectivity index (χ3v) is 4.92. The molecule has 0 spiro atoms. The van der Waals surface area contributed by atoms with Gasteiger partial charge in [0.1, 0.15) is 17.5 Å². The molecule has 0 unspecified atom stereocenters. The Labute approximate surface area is 177 Å². The van der Waals surface area contributed by atoms with Gasteiger partial charge >= 0.3 is 0 Å². The minimum Gasteiger partial charge on any atom is -0.493 e. The van der Waals surface area contributed by atoms with E-state index >= 15 is 0 Å². The van der Waals surface area contributed by atoms with E-state index < -0.39 is 0 Å². The van der Waals surface area contributed by atoms with Crippen molar-refractivity contribution >= 4 is 23.6 Å². The molecule has 0 saturated carbocycles. The third kappa shape index (κ3) is 5.20. The SMILES string of the molecule is CCNc1cc(N2CCN(C(=O)/C=C/c3ccc(OC)c(OC)c3)CC2)nc(C)n1. The average Bonchev–Trinajstić information content (AvgIpc) is 2.77. The second-order valence-electron chi connectivity index (χ2n) is 6.95. The van der Waals surface area contributed by atoms with Crippen molar-refractivity contribution in [1.82, 2.24) is 14.9 Å². The van der Waals surface area contributed by atoms with Crippen LogP contribution < -0.4 is 19.7 Å². The van der Waals surface area contributed by atoms with Crippen LogP contribution in [0.4, 0.5) is 11.6 Å². The first-order valence-electron chi connectivity index (χ1n) is 10.1. The van der Waals surface area contributed by atoms with Gasteiger partial charge in [0.05, 0.1) is 14.2 Å². The summed E-state index contributed by atoms with van der Waals surface area (Å²) in [5, 5.41) is 3.23. The summed E-state index contributed by atoms with van der Waals surface area (Å²) in [6.07, 6.45) is 3.40. The Bertz CT molecular complexity index is 908. The van der Waals surface area contributed by atoms with E-state index in [1.807, 2.05) is 43.0 Å². The number of hydrogen-bond acceptors (Lipinski definition) is 7. The van der Waals surface area contributed by atoms with Crippen LogP contribution in [0.15, 0.2) is 30.3 Å². The fraction of sp³-hybridized carbons (Fsp3) is 0.409. The van der Waals surface area contributed by atoms with Gasteiger partial charge in [0.15, 0.2) is 11.5 Å². The fourth-order valence-electron chi connectivity index (χ4n) is 3.37. The Hall–Kier alpha value is -3.29. The number of nitrogens with zero attached hydrogens (tertiary/aromatic N) is 4. The van der Waals surface area contributed by atoms with Crippen LogP contribution in [0.3, 0.4) is 0 Å². The van der Waals surface area contributed by atoms with Crippen LogP contribution in [0.25, 0.3) is 6.08 Å². The first-order valence-corrected chi connectivity index (χ1v) is 10.1. The molecule has 2 aromatic rings. The van der Waals surface area contributed by atoms with E-state index in [2.05, 4.69) is 20.2 Å². The number of nitrogens with one attached hydrogen (secondary N) is 1. The minimum atomic E-state index is -0.00311. The number of amides is 1. The van der Waals surface area contributed by atoms with E-state index in [4.69, 9.17) is 9.47 Å². The molecule has 1 amide bonds. The predicted octanol–water partition coefficient (Wildman–Crippen LogP) is 2.60. The monoisotopic (exact) mass is 411 g/mol. The van der Waals surface area contributed by atoms with E-state index in [9.17, 15) is 4.79 Å². The summed E-state index contributed by atoms with van der Waals surface area (Å²) in [6, 6.07) is 7.53. The van der Waals surface area contributed by atoms with Gasteiger partial charge in [-0.15, -0.1) is 0 Å². The molecule has 3 rings (SSSR count). The molecular weight excluding hydrogens is 382 g/mol. The smallest absolute Gasteiger partial charge is 0.246 e. The van der Waals surface area contributed by atoms with Gasteiger partial charge in [0.25, 0.3) is 0 Å². The molecule has 8 heteroatoms.